The highest BCUT2D eigenvalue weighted by Crippen LogP contribution is 2.12. The second kappa shape index (κ2) is 6.50. The highest BCUT2D eigenvalue weighted by Gasteiger charge is 2.23. The van der Waals surface area contributed by atoms with Gasteiger partial charge < -0.3 is 9.64 Å². The summed E-state index contributed by atoms with van der Waals surface area (Å²) in [5, 5.41) is 0. The number of carbonyl (C=O) groups is 2. The summed E-state index contributed by atoms with van der Waals surface area (Å²) in [5.41, 5.74) is 0.893. The van der Waals surface area contributed by atoms with Gasteiger partial charge in [-0.05, 0) is 39.8 Å². The molecule has 0 unspecified atom stereocenters. The third kappa shape index (κ3) is 4.64. The molecule has 1 heterocycles. The zero-order valence-corrected chi connectivity index (χ0v) is 12.8. The van der Waals surface area contributed by atoms with Gasteiger partial charge in [0.1, 0.15) is 12.3 Å². The van der Waals surface area contributed by atoms with Crippen molar-refractivity contribution in [1.29, 1.82) is 0 Å². The summed E-state index contributed by atoms with van der Waals surface area (Å²) in [6.45, 7) is 7.63. The first-order chi connectivity index (χ1) is 9.21. The van der Waals surface area contributed by atoms with Crippen molar-refractivity contribution in [2.24, 2.45) is 0 Å². The number of aromatic nitrogens is 1. The van der Waals surface area contributed by atoms with Gasteiger partial charge in [0.25, 0.3) is 0 Å². The van der Waals surface area contributed by atoms with E-state index >= 15 is 0 Å². The Labute approximate surface area is 119 Å². The Hall–Kier alpha value is -1.91. The summed E-state index contributed by atoms with van der Waals surface area (Å²) in [6.07, 6.45) is -0.289. The Morgan fingerprint density at radius 1 is 1.30 bits per heavy atom. The van der Waals surface area contributed by atoms with Crippen molar-refractivity contribution in [2.75, 3.05) is 13.7 Å². The first kappa shape index (κ1) is 16.1. The largest absolute Gasteiger partial charge is 0.449 e. The predicted molar refractivity (Wildman–Crippen MR) is 76.8 cm³/mol. The molecule has 5 nitrogen and oxygen atoms in total. The molecule has 0 N–H and O–H groups in total. The average Bonchev–Trinajstić information content (AvgIpc) is 2.36. The number of hydrogen-bond donors (Lipinski definition) is 0. The maximum atomic E-state index is 11.9. The minimum Gasteiger partial charge on any atom is -0.449 e. The van der Waals surface area contributed by atoms with Crippen molar-refractivity contribution in [3.05, 3.63) is 29.6 Å². The van der Waals surface area contributed by atoms with Crippen LogP contribution in [0.5, 0.6) is 0 Å². The SMILES string of the molecule is Cc1cccc(C(=O)CCOC(=O)N(C)C(C)(C)C)n1. The highest BCUT2D eigenvalue weighted by molar-refractivity contribution is 5.94. The Morgan fingerprint density at radius 3 is 2.50 bits per heavy atom. The minimum atomic E-state index is -0.428. The highest BCUT2D eigenvalue weighted by atomic mass is 16.6. The second-order valence-electron chi connectivity index (χ2n) is 5.68. The maximum Gasteiger partial charge on any atom is 0.409 e. The zero-order chi connectivity index (χ0) is 15.3. The van der Waals surface area contributed by atoms with Crippen molar-refractivity contribution >= 4 is 11.9 Å². The number of carbonyl (C=O) groups excluding carboxylic acids is 2. The van der Waals surface area contributed by atoms with Crippen LogP contribution < -0.4 is 0 Å². The van der Waals surface area contributed by atoms with Gasteiger partial charge in [-0.25, -0.2) is 4.79 Å². The van der Waals surface area contributed by atoms with Crippen LogP contribution in [-0.4, -0.2) is 41.0 Å². The summed E-state index contributed by atoms with van der Waals surface area (Å²) in [7, 11) is 1.67. The number of aryl methyl sites for hydroxylation is 1. The Kier molecular flexibility index (Phi) is 5.25. The van der Waals surface area contributed by atoms with E-state index in [0.717, 1.165) is 5.69 Å². The van der Waals surface area contributed by atoms with Gasteiger partial charge in [-0.15, -0.1) is 0 Å². The normalized spacial score (nSPS) is 11.1. The molecular formula is C15H22N2O3. The smallest absolute Gasteiger partial charge is 0.409 e. The van der Waals surface area contributed by atoms with Crippen LogP contribution in [0.4, 0.5) is 4.79 Å². The van der Waals surface area contributed by atoms with Crippen LogP contribution >= 0.6 is 0 Å². The zero-order valence-electron chi connectivity index (χ0n) is 12.8. The quantitative estimate of drug-likeness (QED) is 0.795. The molecule has 0 aliphatic heterocycles. The number of rotatable bonds is 4. The molecule has 0 fully saturated rings. The molecule has 0 spiro atoms. The van der Waals surface area contributed by atoms with E-state index in [9.17, 15) is 9.59 Å². The van der Waals surface area contributed by atoms with E-state index in [1.54, 1.807) is 19.2 Å². The van der Waals surface area contributed by atoms with Gasteiger partial charge in [0.05, 0.1) is 0 Å². The van der Waals surface area contributed by atoms with Gasteiger partial charge >= 0.3 is 6.09 Å². The van der Waals surface area contributed by atoms with Gasteiger partial charge in [-0.1, -0.05) is 6.07 Å². The molecule has 0 aliphatic carbocycles. The molecule has 20 heavy (non-hydrogen) atoms. The number of ketones is 1. The summed E-state index contributed by atoms with van der Waals surface area (Å²) in [5.74, 6) is -0.125. The van der Waals surface area contributed by atoms with Crippen LogP contribution in [0.3, 0.4) is 0 Å². The molecule has 0 radical (unpaired) electrons. The van der Waals surface area contributed by atoms with E-state index in [1.165, 1.54) is 4.90 Å². The summed E-state index contributed by atoms with van der Waals surface area (Å²) in [4.78, 5) is 29.3. The third-order valence-electron chi connectivity index (χ3n) is 3.01. The molecule has 0 aromatic carbocycles. The van der Waals surface area contributed by atoms with Crippen LogP contribution in [0.25, 0.3) is 0 Å². The Morgan fingerprint density at radius 2 is 1.95 bits per heavy atom. The number of nitrogens with zero attached hydrogens (tertiary/aromatic N) is 2. The second-order valence-corrected chi connectivity index (χ2v) is 5.68. The Bertz CT molecular complexity index is 492. The van der Waals surface area contributed by atoms with E-state index < -0.39 is 6.09 Å². The maximum absolute atomic E-state index is 11.9. The molecular weight excluding hydrogens is 256 g/mol. The third-order valence-corrected chi connectivity index (χ3v) is 3.01. The van der Waals surface area contributed by atoms with Crippen LogP contribution in [0, 0.1) is 6.92 Å². The van der Waals surface area contributed by atoms with Crippen molar-refractivity contribution in [3.8, 4) is 0 Å². The molecule has 0 saturated heterocycles. The van der Waals surface area contributed by atoms with Crippen LogP contribution in [0.2, 0.25) is 0 Å². The number of Topliss-reactive ketones (excluding diaryl/α,β-unsaturated/α-hetero) is 1. The van der Waals surface area contributed by atoms with Crippen molar-refractivity contribution < 1.29 is 14.3 Å². The van der Waals surface area contributed by atoms with E-state index in [0.29, 0.717) is 5.69 Å². The molecule has 0 saturated carbocycles. The van der Waals surface area contributed by atoms with E-state index in [1.807, 2.05) is 33.8 Å². The predicted octanol–water partition coefficient (Wildman–Crippen LogP) is 2.83. The molecule has 1 aromatic rings. The van der Waals surface area contributed by atoms with Gasteiger partial charge in [0.15, 0.2) is 5.78 Å². The number of hydrogen-bond acceptors (Lipinski definition) is 4. The monoisotopic (exact) mass is 278 g/mol. The van der Waals surface area contributed by atoms with Gasteiger partial charge in [0.2, 0.25) is 0 Å². The van der Waals surface area contributed by atoms with Gasteiger partial charge in [-0.2, -0.15) is 0 Å². The van der Waals surface area contributed by atoms with Crippen LogP contribution in [-0.2, 0) is 4.74 Å². The number of ether oxygens (including phenoxy) is 1. The fraction of sp³-hybridized carbons (Fsp3) is 0.533. The molecule has 0 aliphatic rings. The lowest BCUT2D eigenvalue weighted by molar-refractivity contribution is 0.0751. The fourth-order valence-electron chi connectivity index (χ4n) is 1.43. The van der Waals surface area contributed by atoms with E-state index in [4.69, 9.17) is 4.74 Å². The summed E-state index contributed by atoms with van der Waals surface area (Å²) < 4.78 is 5.09. The fourth-order valence-corrected chi connectivity index (χ4v) is 1.43. The number of pyridine rings is 1. The summed E-state index contributed by atoms with van der Waals surface area (Å²) >= 11 is 0. The summed E-state index contributed by atoms with van der Waals surface area (Å²) in [6, 6.07) is 5.28. The van der Waals surface area contributed by atoms with Crippen LogP contribution in [0.15, 0.2) is 18.2 Å². The first-order valence-corrected chi connectivity index (χ1v) is 6.59. The van der Waals surface area contributed by atoms with Crippen molar-refractivity contribution in [1.82, 2.24) is 9.88 Å². The molecule has 1 aromatic heterocycles. The van der Waals surface area contributed by atoms with Crippen molar-refractivity contribution in [2.45, 2.75) is 39.7 Å². The lowest BCUT2D eigenvalue weighted by Crippen LogP contribution is -2.43. The van der Waals surface area contributed by atoms with Gasteiger partial charge in [0, 0.05) is 24.7 Å². The van der Waals surface area contributed by atoms with E-state index in [2.05, 4.69) is 4.98 Å². The molecule has 110 valence electrons. The number of amides is 1. The van der Waals surface area contributed by atoms with Crippen LogP contribution in [0.1, 0.15) is 43.4 Å². The topological polar surface area (TPSA) is 59.5 Å². The standard InChI is InChI=1S/C15H22N2O3/c1-11-7-6-8-12(16-11)13(18)9-10-20-14(19)17(5)15(2,3)4/h6-8H,9-10H2,1-5H3. The van der Waals surface area contributed by atoms with E-state index in [-0.39, 0.29) is 24.3 Å². The molecule has 1 amide bonds. The lowest BCUT2D eigenvalue weighted by atomic mass is 10.1. The Balaban J connectivity index is 2.45. The molecule has 1 rings (SSSR count). The van der Waals surface area contributed by atoms with Gasteiger partial charge in [-0.3, -0.25) is 9.78 Å². The average molecular weight is 278 g/mol. The molecule has 0 atom stereocenters. The molecule has 5 heteroatoms. The molecule has 0 bridgehead atoms. The first-order valence-electron chi connectivity index (χ1n) is 6.59. The lowest BCUT2D eigenvalue weighted by Gasteiger charge is -2.30. The van der Waals surface area contributed by atoms with Crippen molar-refractivity contribution in [3.63, 3.8) is 0 Å². The minimum absolute atomic E-state index is 0.0632.